The lowest BCUT2D eigenvalue weighted by atomic mass is 9.69. The van der Waals surface area contributed by atoms with Crippen LogP contribution in [0.1, 0.15) is 54.5 Å². The van der Waals surface area contributed by atoms with E-state index in [1.54, 1.807) is 0 Å². The maximum absolute atomic E-state index is 13.7. The average Bonchev–Trinajstić information content (AvgIpc) is 2.92. The van der Waals surface area contributed by atoms with Gasteiger partial charge in [-0.25, -0.2) is 4.98 Å². The Kier molecular flexibility index (Phi) is 7.33. The molecule has 0 unspecified atom stereocenters. The molecule has 2 aromatic carbocycles. The molecular formula is C28H30F3N5S. The Morgan fingerprint density at radius 1 is 0.946 bits per heavy atom. The highest BCUT2D eigenvalue weighted by atomic mass is 32.1. The molecule has 194 valence electrons. The summed E-state index contributed by atoms with van der Waals surface area (Å²) in [6.45, 7) is 1.66. The quantitative estimate of drug-likeness (QED) is 0.384. The molecule has 0 atom stereocenters. The van der Waals surface area contributed by atoms with Gasteiger partial charge in [0.25, 0.3) is 0 Å². The number of aromatic nitrogens is 2. The predicted molar refractivity (Wildman–Crippen MR) is 144 cm³/mol. The molecule has 0 saturated heterocycles. The maximum Gasteiger partial charge on any atom is 0.433 e. The fraction of sp³-hybridized carbons (Fsp3) is 0.393. The summed E-state index contributed by atoms with van der Waals surface area (Å²) in [5.74, 6) is 0.0775. The largest absolute Gasteiger partial charge is 0.433 e. The Balaban J connectivity index is 1.33. The fourth-order valence-corrected chi connectivity index (χ4v) is 5.64. The zero-order chi connectivity index (χ0) is 25.9. The number of hydrogen-bond donors (Lipinski definition) is 2. The molecule has 9 heteroatoms. The van der Waals surface area contributed by atoms with Crippen molar-refractivity contribution in [1.29, 1.82) is 0 Å². The smallest absolute Gasteiger partial charge is 0.361 e. The minimum absolute atomic E-state index is 0.0632. The molecule has 1 saturated carbocycles. The van der Waals surface area contributed by atoms with Gasteiger partial charge in [-0.1, -0.05) is 73.9 Å². The number of nitrogens with one attached hydrogen (secondary N) is 2. The summed E-state index contributed by atoms with van der Waals surface area (Å²) in [6.07, 6.45) is 1.69. The highest BCUT2D eigenvalue weighted by Crippen LogP contribution is 2.39. The fourth-order valence-electron chi connectivity index (χ4n) is 5.47. The number of alkyl halides is 3. The van der Waals surface area contributed by atoms with Crippen LogP contribution in [0.15, 0.2) is 60.7 Å². The minimum atomic E-state index is -4.60. The number of halogens is 3. The Morgan fingerprint density at radius 3 is 2.38 bits per heavy atom. The molecular weight excluding hydrogens is 495 g/mol. The summed E-state index contributed by atoms with van der Waals surface area (Å²) in [7, 11) is 0. The second-order valence-corrected chi connectivity index (χ2v) is 10.3. The standard InChI is InChI=1S/C28H30F3N5S/c29-28(30,31)23-17-24(36-16-13-20-9-5-6-10-21(20)18-36)34-25(33-23)35-26(37)32-19-27(14-7-2-8-15-27)22-11-3-1-4-12-22/h1,3-6,9-12,17H,2,7-8,13-16,18-19H2,(H2,32,33,34,35,37). The molecule has 2 N–H and O–H groups in total. The summed E-state index contributed by atoms with van der Waals surface area (Å²) in [6, 6.07) is 19.4. The van der Waals surface area contributed by atoms with Crippen molar-refractivity contribution in [2.24, 2.45) is 0 Å². The molecule has 5 nitrogen and oxygen atoms in total. The van der Waals surface area contributed by atoms with E-state index in [1.165, 1.54) is 17.5 Å². The van der Waals surface area contributed by atoms with Crippen LogP contribution in [0.4, 0.5) is 24.9 Å². The second-order valence-electron chi connectivity index (χ2n) is 9.89. The van der Waals surface area contributed by atoms with Gasteiger partial charge in [-0.05, 0) is 48.2 Å². The Morgan fingerprint density at radius 2 is 1.65 bits per heavy atom. The lowest BCUT2D eigenvalue weighted by Crippen LogP contribution is -2.43. The van der Waals surface area contributed by atoms with E-state index in [2.05, 4.69) is 38.8 Å². The van der Waals surface area contributed by atoms with Crippen molar-refractivity contribution in [1.82, 2.24) is 15.3 Å². The van der Waals surface area contributed by atoms with Crippen molar-refractivity contribution in [3.8, 4) is 0 Å². The van der Waals surface area contributed by atoms with Gasteiger partial charge in [-0.15, -0.1) is 0 Å². The molecule has 2 heterocycles. The molecule has 37 heavy (non-hydrogen) atoms. The minimum Gasteiger partial charge on any atom is -0.361 e. The number of benzene rings is 2. The van der Waals surface area contributed by atoms with E-state index < -0.39 is 11.9 Å². The summed E-state index contributed by atoms with van der Waals surface area (Å²) in [5, 5.41) is 6.31. The molecule has 1 aliphatic carbocycles. The van der Waals surface area contributed by atoms with Crippen LogP contribution < -0.4 is 15.5 Å². The first-order valence-electron chi connectivity index (χ1n) is 12.7. The van der Waals surface area contributed by atoms with E-state index in [0.29, 0.717) is 19.6 Å². The van der Waals surface area contributed by atoms with Gasteiger partial charge in [0.1, 0.15) is 5.82 Å². The zero-order valence-corrected chi connectivity index (χ0v) is 21.3. The number of fused-ring (bicyclic) bond motifs is 1. The van der Waals surface area contributed by atoms with Gasteiger partial charge in [-0.2, -0.15) is 18.2 Å². The van der Waals surface area contributed by atoms with E-state index in [0.717, 1.165) is 43.7 Å². The van der Waals surface area contributed by atoms with Gasteiger partial charge in [0.05, 0.1) is 0 Å². The molecule has 1 aromatic heterocycles. The molecule has 0 bridgehead atoms. The van der Waals surface area contributed by atoms with Gasteiger partial charge in [-0.3, -0.25) is 0 Å². The third-order valence-electron chi connectivity index (χ3n) is 7.47. The number of nitrogens with zero attached hydrogens (tertiary/aromatic N) is 3. The van der Waals surface area contributed by atoms with Crippen molar-refractivity contribution in [3.05, 3.63) is 83.0 Å². The molecule has 1 fully saturated rings. The maximum atomic E-state index is 13.7. The normalized spacial score (nSPS) is 17.1. The molecule has 0 amide bonds. The Bertz CT molecular complexity index is 1240. The SMILES string of the molecule is FC(F)(F)c1cc(N2CCc3ccccc3C2)nc(NC(=S)NCC2(c3ccccc3)CCCCC2)n1. The van der Waals surface area contributed by atoms with Crippen LogP contribution in [-0.4, -0.2) is 28.2 Å². The van der Waals surface area contributed by atoms with Crippen molar-refractivity contribution in [3.63, 3.8) is 0 Å². The van der Waals surface area contributed by atoms with Crippen LogP contribution in [-0.2, 0) is 24.6 Å². The zero-order valence-electron chi connectivity index (χ0n) is 20.5. The van der Waals surface area contributed by atoms with Crippen molar-refractivity contribution in [2.75, 3.05) is 23.3 Å². The predicted octanol–water partition coefficient (Wildman–Crippen LogP) is 6.25. The molecule has 3 aromatic rings. The Labute approximate surface area is 220 Å². The van der Waals surface area contributed by atoms with E-state index in [4.69, 9.17) is 12.2 Å². The molecule has 0 radical (unpaired) electrons. The number of anilines is 2. The number of thiocarbonyl (C=S) groups is 1. The van der Waals surface area contributed by atoms with Gasteiger partial charge in [0.2, 0.25) is 5.95 Å². The average molecular weight is 526 g/mol. The van der Waals surface area contributed by atoms with E-state index >= 15 is 0 Å². The van der Waals surface area contributed by atoms with Gasteiger partial charge < -0.3 is 15.5 Å². The molecule has 1 aliphatic heterocycles. The third kappa shape index (κ3) is 5.87. The monoisotopic (exact) mass is 525 g/mol. The first-order chi connectivity index (χ1) is 17.8. The molecule has 2 aliphatic rings. The first-order valence-corrected chi connectivity index (χ1v) is 13.1. The van der Waals surface area contributed by atoms with E-state index in [-0.39, 0.29) is 22.3 Å². The van der Waals surface area contributed by atoms with Gasteiger partial charge >= 0.3 is 6.18 Å². The second kappa shape index (κ2) is 10.7. The summed E-state index contributed by atoms with van der Waals surface area (Å²) in [4.78, 5) is 10.0. The van der Waals surface area contributed by atoms with Crippen molar-refractivity contribution < 1.29 is 13.2 Å². The van der Waals surface area contributed by atoms with Crippen LogP contribution in [0.3, 0.4) is 0 Å². The van der Waals surface area contributed by atoms with Crippen LogP contribution in [0, 0.1) is 0 Å². The van der Waals surface area contributed by atoms with E-state index in [9.17, 15) is 13.2 Å². The summed E-state index contributed by atoms with van der Waals surface area (Å²) in [5.41, 5.74) is 2.50. The van der Waals surface area contributed by atoms with E-state index in [1.807, 2.05) is 41.3 Å². The summed E-state index contributed by atoms with van der Waals surface area (Å²) >= 11 is 5.50. The van der Waals surface area contributed by atoms with Gasteiger partial charge in [0, 0.05) is 31.1 Å². The lowest BCUT2D eigenvalue weighted by Gasteiger charge is -2.38. The first kappa shape index (κ1) is 25.4. The van der Waals surface area contributed by atoms with Gasteiger partial charge in [0.15, 0.2) is 10.8 Å². The molecule has 0 spiro atoms. The summed E-state index contributed by atoms with van der Waals surface area (Å²) < 4.78 is 41.2. The Hall–Kier alpha value is -3.20. The lowest BCUT2D eigenvalue weighted by molar-refractivity contribution is -0.141. The van der Waals surface area contributed by atoms with Crippen molar-refractivity contribution >= 4 is 29.1 Å². The molecule has 5 rings (SSSR count). The highest BCUT2D eigenvalue weighted by Gasteiger charge is 2.36. The van der Waals surface area contributed by atoms with Crippen LogP contribution >= 0.6 is 12.2 Å². The van der Waals surface area contributed by atoms with Crippen LogP contribution in [0.2, 0.25) is 0 Å². The van der Waals surface area contributed by atoms with Crippen molar-refractivity contribution in [2.45, 2.75) is 56.7 Å². The number of rotatable bonds is 5. The third-order valence-corrected chi connectivity index (χ3v) is 7.71. The van der Waals surface area contributed by atoms with Crippen LogP contribution in [0.5, 0.6) is 0 Å². The number of hydrogen-bond acceptors (Lipinski definition) is 4. The topological polar surface area (TPSA) is 53.1 Å². The highest BCUT2D eigenvalue weighted by molar-refractivity contribution is 7.80. The van der Waals surface area contributed by atoms with Crippen LogP contribution in [0.25, 0.3) is 0 Å².